The van der Waals surface area contributed by atoms with Crippen LogP contribution in [0, 0.1) is 0 Å². The second kappa shape index (κ2) is 3.82. The maximum Gasteiger partial charge on any atom is 0.0175 e. The fourth-order valence-electron chi connectivity index (χ4n) is 2.08. The van der Waals surface area contributed by atoms with Crippen molar-refractivity contribution in [3.05, 3.63) is 36.1 Å². The number of allylic oxidation sites excluding steroid dienone is 5. The second-order valence-corrected chi connectivity index (χ2v) is 3.80. The van der Waals surface area contributed by atoms with Gasteiger partial charge < -0.3 is 4.90 Å². The fraction of sp³-hybridized carbons (Fsp3) is 0.500. The number of hydrogen-bond donors (Lipinski definition) is 0. The Bertz CT molecular complexity index is 254. The zero-order chi connectivity index (χ0) is 9.10. The van der Waals surface area contributed by atoms with E-state index < -0.39 is 0 Å². The van der Waals surface area contributed by atoms with Crippen molar-refractivity contribution < 1.29 is 0 Å². The molecule has 1 aliphatic heterocycles. The van der Waals surface area contributed by atoms with Gasteiger partial charge >= 0.3 is 0 Å². The highest BCUT2D eigenvalue weighted by Crippen LogP contribution is 2.24. The summed E-state index contributed by atoms with van der Waals surface area (Å²) in [6.07, 6.45) is 11.6. The first-order valence-corrected chi connectivity index (χ1v) is 5.17. The van der Waals surface area contributed by atoms with Gasteiger partial charge in [-0.25, -0.2) is 0 Å². The minimum atomic E-state index is 1.17. The largest absolute Gasteiger partial charge is 0.375 e. The predicted octanol–water partition coefficient (Wildman–Crippen LogP) is 2.87. The molecule has 1 heteroatoms. The second-order valence-electron chi connectivity index (χ2n) is 3.80. The van der Waals surface area contributed by atoms with Crippen LogP contribution in [0.15, 0.2) is 36.1 Å². The van der Waals surface area contributed by atoms with Crippen molar-refractivity contribution in [2.24, 2.45) is 0 Å². The smallest absolute Gasteiger partial charge is 0.0175 e. The Labute approximate surface area is 80.4 Å². The van der Waals surface area contributed by atoms with E-state index in [4.69, 9.17) is 0 Å². The quantitative estimate of drug-likeness (QED) is 0.623. The van der Waals surface area contributed by atoms with Crippen LogP contribution in [0.5, 0.6) is 0 Å². The van der Waals surface area contributed by atoms with Gasteiger partial charge in [0.15, 0.2) is 0 Å². The number of rotatable bonds is 2. The van der Waals surface area contributed by atoms with Crippen molar-refractivity contribution in [1.82, 2.24) is 4.90 Å². The molecule has 0 unspecified atom stereocenters. The molecular weight excluding hydrogens is 158 g/mol. The third-order valence-corrected chi connectivity index (χ3v) is 2.93. The summed E-state index contributed by atoms with van der Waals surface area (Å²) < 4.78 is 0. The highest BCUT2D eigenvalue weighted by Gasteiger charge is 2.15. The lowest BCUT2D eigenvalue weighted by Crippen LogP contribution is -2.19. The SMILES string of the molecule is C=CC1=CC=C(N2CCCC2)CC1. The summed E-state index contributed by atoms with van der Waals surface area (Å²) in [5.74, 6) is 0. The van der Waals surface area contributed by atoms with Gasteiger partial charge in [-0.05, 0) is 37.3 Å². The van der Waals surface area contributed by atoms with E-state index in [9.17, 15) is 0 Å². The first-order chi connectivity index (χ1) is 6.40. The summed E-state index contributed by atoms with van der Waals surface area (Å²) in [5, 5.41) is 0. The van der Waals surface area contributed by atoms with Gasteiger partial charge in [-0.2, -0.15) is 0 Å². The van der Waals surface area contributed by atoms with Crippen LogP contribution in [0.3, 0.4) is 0 Å². The maximum atomic E-state index is 3.80. The molecule has 1 heterocycles. The molecular formula is C12H17N. The molecule has 0 bridgehead atoms. The first kappa shape index (κ1) is 8.61. The highest BCUT2D eigenvalue weighted by molar-refractivity contribution is 5.29. The van der Waals surface area contributed by atoms with E-state index in [1.54, 1.807) is 0 Å². The van der Waals surface area contributed by atoms with Crippen LogP contribution in [0.4, 0.5) is 0 Å². The molecule has 0 spiro atoms. The normalized spacial score (nSPS) is 22.6. The van der Waals surface area contributed by atoms with Crippen LogP contribution in [0.1, 0.15) is 25.7 Å². The van der Waals surface area contributed by atoms with E-state index in [0.717, 1.165) is 0 Å². The van der Waals surface area contributed by atoms with Gasteiger partial charge in [-0.1, -0.05) is 18.7 Å². The van der Waals surface area contributed by atoms with Gasteiger partial charge in [0, 0.05) is 18.8 Å². The summed E-state index contributed by atoms with van der Waals surface area (Å²) in [5.41, 5.74) is 2.91. The molecule has 1 saturated heterocycles. The Hall–Kier alpha value is -0.980. The van der Waals surface area contributed by atoms with Crippen molar-refractivity contribution in [2.75, 3.05) is 13.1 Å². The van der Waals surface area contributed by atoms with Crippen molar-refractivity contribution in [3.63, 3.8) is 0 Å². The monoisotopic (exact) mass is 175 g/mol. The zero-order valence-electron chi connectivity index (χ0n) is 8.13. The number of hydrogen-bond acceptors (Lipinski definition) is 1. The van der Waals surface area contributed by atoms with E-state index >= 15 is 0 Å². The van der Waals surface area contributed by atoms with Crippen molar-refractivity contribution in [2.45, 2.75) is 25.7 Å². The Kier molecular flexibility index (Phi) is 2.53. The van der Waals surface area contributed by atoms with E-state index in [1.165, 1.54) is 50.0 Å². The summed E-state index contributed by atoms with van der Waals surface area (Å²) in [7, 11) is 0. The van der Waals surface area contributed by atoms with Gasteiger partial charge in [-0.3, -0.25) is 0 Å². The van der Waals surface area contributed by atoms with Gasteiger partial charge in [0.05, 0.1) is 0 Å². The van der Waals surface area contributed by atoms with Crippen LogP contribution in [0.2, 0.25) is 0 Å². The molecule has 1 nitrogen and oxygen atoms in total. The van der Waals surface area contributed by atoms with Gasteiger partial charge in [-0.15, -0.1) is 0 Å². The molecule has 0 atom stereocenters. The topological polar surface area (TPSA) is 3.24 Å². The first-order valence-electron chi connectivity index (χ1n) is 5.17. The van der Waals surface area contributed by atoms with Crippen LogP contribution in [-0.4, -0.2) is 18.0 Å². The van der Waals surface area contributed by atoms with Gasteiger partial charge in [0.1, 0.15) is 0 Å². The standard InChI is InChI=1S/C12H17N/c1-2-11-5-7-12(8-6-11)13-9-3-4-10-13/h2,5,7H,1,3-4,6,8-10H2. The van der Waals surface area contributed by atoms with Gasteiger partial charge in [0.2, 0.25) is 0 Å². The van der Waals surface area contributed by atoms with Crippen molar-refractivity contribution >= 4 is 0 Å². The molecule has 70 valence electrons. The van der Waals surface area contributed by atoms with Crippen LogP contribution in [0.25, 0.3) is 0 Å². The minimum Gasteiger partial charge on any atom is -0.375 e. The van der Waals surface area contributed by atoms with Crippen LogP contribution >= 0.6 is 0 Å². The minimum absolute atomic E-state index is 1.17. The Balaban J connectivity index is 2.04. The van der Waals surface area contributed by atoms with E-state index in [-0.39, 0.29) is 0 Å². The zero-order valence-corrected chi connectivity index (χ0v) is 8.13. The molecule has 2 aliphatic rings. The molecule has 1 aliphatic carbocycles. The fourth-order valence-corrected chi connectivity index (χ4v) is 2.08. The molecule has 13 heavy (non-hydrogen) atoms. The maximum absolute atomic E-state index is 3.80. The highest BCUT2D eigenvalue weighted by atomic mass is 15.1. The lowest BCUT2D eigenvalue weighted by Gasteiger charge is -2.23. The Morgan fingerprint density at radius 3 is 2.46 bits per heavy atom. The van der Waals surface area contributed by atoms with Crippen molar-refractivity contribution in [1.29, 1.82) is 0 Å². The third-order valence-electron chi connectivity index (χ3n) is 2.93. The number of likely N-dealkylation sites (tertiary alicyclic amines) is 1. The lowest BCUT2D eigenvalue weighted by molar-refractivity contribution is 0.407. The molecule has 0 aromatic heterocycles. The third kappa shape index (κ3) is 1.85. The molecule has 0 amide bonds. The number of nitrogens with zero attached hydrogens (tertiary/aromatic N) is 1. The van der Waals surface area contributed by atoms with Crippen LogP contribution < -0.4 is 0 Å². The average molecular weight is 175 g/mol. The molecule has 0 aromatic rings. The van der Waals surface area contributed by atoms with Crippen molar-refractivity contribution in [3.8, 4) is 0 Å². The van der Waals surface area contributed by atoms with Crippen LogP contribution in [-0.2, 0) is 0 Å². The lowest BCUT2D eigenvalue weighted by atomic mass is 10.0. The van der Waals surface area contributed by atoms with E-state index in [2.05, 4.69) is 23.6 Å². The average Bonchev–Trinajstić information content (AvgIpc) is 2.71. The summed E-state index contributed by atoms with van der Waals surface area (Å²) in [6.45, 7) is 6.33. The van der Waals surface area contributed by atoms with Gasteiger partial charge in [0.25, 0.3) is 0 Å². The summed E-state index contributed by atoms with van der Waals surface area (Å²) in [4.78, 5) is 2.52. The molecule has 0 radical (unpaired) electrons. The van der Waals surface area contributed by atoms with E-state index in [1.807, 2.05) is 6.08 Å². The summed E-state index contributed by atoms with van der Waals surface area (Å²) in [6, 6.07) is 0. The van der Waals surface area contributed by atoms with E-state index in [0.29, 0.717) is 0 Å². The molecule has 0 saturated carbocycles. The predicted molar refractivity (Wildman–Crippen MR) is 56.4 cm³/mol. The Morgan fingerprint density at radius 1 is 1.15 bits per heavy atom. The molecule has 0 N–H and O–H groups in total. The molecule has 0 aromatic carbocycles. The molecule has 2 rings (SSSR count). The Morgan fingerprint density at radius 2 is 1.92 bits per heavy atom. The summed E-state index contributed by atoms with van der Waals surface area (Å²) >= 11 is 0. The molecule has 1 fully saturated rings.